The van der Waals surface area contributed by atoms with Crippen LogP contribution in [0.5, 0.6) is 0 Å². The summed E-state index contributed by atoms with van der Waals surface area (Å²) in [5, 5.41) is 3.00. The lowest BCUT2D eigenvalue weighted by atomic mass is 10.1. The number of carbonyl (C=O) groups is 2. The first-order valence-corrected chi connectivity index (χ1v) is 11.0. The quantitative estimate of drug-likeness (QED) is 0.755. The van der Waals surface area contributed by atoms with E-state index in [1.165, 1.54) is 25.2 Å². The van der Waals surface area contributed by atoms with Gasteiger partial charge in [-0.3, -0.25) is 9.59 Å². The zero-order valence-corrected chi connectivity index (χ0v) is 17.5. The monoisotopic (exact) mass is 435 g/mol. The minimum absolute atomic E-state index is 0.1000. The summed E-state index contributed by atoms with van der Waals surface area (Å²) in [6.45, 7) is 0.945. The van der Waals surface area contributed by atoms with Gasteiger partial charge in [0.1, 0.15) is 0 Å². The van der Waals surface area contributed by atoms with Gasteiger partial charge in [0.05, 0.1) is 22.7 Å². The lowest BCUT2D eigenvalue weighted by Gasteiger charge is -2.20. The first-order valence-electron chi connectivity index (χ1n) is 9.19. The van der Waals surface area contributed by atoms with Gasteiger partial charge in [0.2, 0.25) is 15.9 Å². The van der Waals surface area contributed by atoms with Crippen LogP contribution in [0.15, 0.2) is 53.4 Å². The van der Waals surface area contributed by atoms with E-state index in [0.717, 1.165) is 17.1 Å². The minimum atomic E-state index is -3.80. The van der Waals surface area contributed by atoms with Gasteiger partial charge >= 0.3 is 0 Å². The maximum Gasteiger partial charge on any atom is 0.255 e. The lowest BCUT2D eigenvalue weighted by Crippen LogP contribution is -2.35. The number of nitrogens with one attached hydrogen (secondary N) is 1. The van der Waals surface area contributed by atoms with Gasteiger partial charge in [0.25, 0.3) is 5.91 Å². The number of anilines is 1. The van der Waals surface area contributed by atoms with Crippen LogP contribution in [0.25, 0.3) is 0 Å². The van der Waals surface area contributed by atoms with Crippen LogP contribution in [0.4, 0.5) is 5.69 Å². The number of hydrogen-bond donors (Lipinski definition) is 1. The van der Waals surface area contributed by atoms with Gasteiger partial charge in [-0.05, 0) is 43.2 Å². The fourth-order valence-electron chi connectivity index (χ4n) is 3.15. The molecule has 1 fully saturated rings. The summed E-state index contributed by atoms with van der Waals surface area (Å²) in [7, 11) is -2.47. The fourth-order valence-corrected chi connectivity index (χ4v) is 4.47. The second-order valence-corrected chi connectivity index (χ2v) is 9.29. The highest BCUT2D eigenvalue weighted by atomic mass is 35.5. The molecular formula is C20H22ClN3O4S. The average Bonchev–Trinajstić information content (AvgIpc) is 3.23. The van der Waals surface area contributed by atoms with Gasteiger partial charge in [-0.1, -0.05) is 29.8 Å². The second kappa shape index (κ2) is 8.94. The molecule has 0 unspecified atom stereocenters. The Morgan fingerprint density at radius 2 is 1.76 bits per heavy atom. The topological polar surface area (TPSA) is 86.8 Å². The van der Waals surface area contributed by atoms with Crippen molar-refractivity contribution in [1.29, 1.82) is 0 Å². The summed E-state index contributed by atoms with van der Waals surface area (Å²) in [4.78, 5) is 27.1. The van der Waals surface area contributed by atoms with Crippen LogP contribution in [0.3, 0.4) is 0 Å². The first-order chi connectivity index (χ1) is 13.8. The molecule has 29 heavy (non-hydrogen) atoms. The number of carbonyl (C=O) groups excluding carboxylic acids is 2. The van der Waals surface area contributed by atoms with Crippen LogP contribution >= 0.6 is 11.6 Å². The Bertz CT molecular complexity index is 1010. The number of halogens is 1. The third-order valence-corrected chi connectivity index (χ3v) is 6.75. The molecule has 0 spiro atoms. The first kappa shape index (κ1) is 21.3. The lowest BCUT2D eigenvalue weighted by molar-refractivity contribution is -0.116. The molecule has 0 aliphatic carbocycles. The van der Waals surface area contributed by atoms with Crippen LogP contribution in [-0.2, 0) is 14.8 Å². The zero-order valence-electron chi connectivity index (χ0n) is 16.0. The van der Waals surface area contributed by atoms with Gasteiger partial charge in [-0.25, -0.2) is 8.42 Å². The number of likely N-dealkylation sites (tertiary alicyclic amines) is 1. The van der Waals surface area contributed by atoms with Gasteiger partial charge in [-0.15, -0.1) is 0 Å². The molecule has 7 nitrogen and oxygen atoms in total. The third-order valence-electron chi connectivity index (χ3n) is 4.70. The van der Waals surface area contributed by atoms with E-state index in [1.54, 1.807) is 35.2 Å². The van der Waals surface area contributed by atoms with E-state index >= 15 is 0 Å². The molecule has 0 bridgehead atoms. The van der Waals surface area contributed by atoms with Crippen molar-refractivity contribution in [3.05, 3.63) is 59.1 Å². The SMILES string of the molecule is CN(CC(=O)Nc1cc(Cl)ccc1C(=O)N1CCCC1)S(=O)(=O)c1ccccc1. The van der Waals surface area contributed by atoms with Gasteiger partial charge in [-0.2, -0.15) is 4.31 Å². The average molecular weight is 436 g/mol. The van der Waals surface area contributed by atoms with Crippen LogP contribution in [0, 0.1) is 0 Å². The second-order valence-electron chi connectivity index (χ2n) is 6.81. The molecule has 2 aromatic carbocycles. The standard InChI is InChI=1S/C20H22ClN3O4S/c1-23(29(27,28)16-7-3-2-4-8-16)14-19(25)22-18-13-15(21)9-10-17(18)20(26)24-11-5-6-12-24/h2-4,7-10,13H,5-6,11-12,14H2,1H3,(H,22,25). The molecule has 1 aliphatic heterocycles. The number of sulfonamides is 1. The number of amides is 2. The predicted molar refractivity (Wildman–Crippen MR) is 111 cm³/mol. The normalized spacial score (nSPS) is 14.2. The Morgan fingerprint density at radius 3 is 2.41 bits per heavy atom. The van der Waals surface area contributed by atoms with E-state index in [9.17, 15) is 18.0 Å². The van der Waals surface area contributed by atoms with E-state index in [0.29, 0.717) is 23.7 Å². The van der Waals surface area contributed by atoms with Crippen molar-refractivity contribution in [2.75, 3.05) is 32.0 Å². The van der Waals surface area contributed by atoms with Crippen LogP contribution < -0.4 is 5.32 Å². The Hall–Kier alpha value is -2.42. The van der Waals surface area contributed by atoms with Crippen molar-refractivity contribution in [2.45, 2.75) is 17.7 Å². The van der Waals surface area contributed by atoms with E-state index in [1.807, 2.05) is 0 Å². The Labute approximate surface area is 175 Å². The van der Waals surface area contributed by atoms with Crippen molar-refractivity contribution in [1.82, 2.24) is 9.21 Å². The highest BCUT2D eigenvalue weighted by molar-refractivity contribution is 7.89. The van der Waals surface area contributed by atoms with E-state index < -0.39 is 22.5 Å². The molecule has 1 N–H and O–H groups in total. The minimum Gasteiger partial charge on any atom is -0.339 e. The highest BCUT2D eigenvalue weighted by Gasteiger charge is 2.25. The van der Waals surface area contributed by atoms with E-state index in [4.69, 9.17) is 11.6 Å². The van der Waals surface area contributed by atoms with Crippen molar-refractivity contribution in [2.24, 2.45) is 0 Å². The molecule has 0 saturated carbocycles. The molecule has 154 valence electrons. The molecule has 1 aliphatic rings. The van der Waals surface area contributed by atoms with Crippen LogP contribution in [0.1, 0.15) is 23.2 Å². The maximum atomic E-state index is 12.8. The Balaban J connectivity index is 1.75. The summed E-state index contributed by atoms with van der Waals surface area (Å²) < 4.78 is 26.1. The number of nitrogens with zero attached hydrogens (tertiary/aromatic N) is 2. The van der Waals surface area contributed by atoms with Crippen LogP contribution in [-0.4, -0.2) is 56.1 Å². The molecule has 0 aromatic heterocycles. The molecule has 2 aromatic rings. The van der Waals surface area contributed by atoms with Crippen molar-refractivity contribution in [3.63, 3.8) is 0 Å². The van der Waals surface area contributed by atoms with E-state index in [2.05, 4.69) is 5.32 Å². The molecule has 0 atom stereocenters. The molecular weight excluding hydrogens is 414 g/mol. The molecule has 3 rings (SSSR count). The van der Waals surface area contributed by atoms with Crippen LogP contribution in [0.2, 0.25) is 5.02 Å². The Kier molecular flexibility index (Phi) is 6.56. The van der Waals surface area contributed by atoms with E-state index in [-0.39, 0.29) is 16.5 Å². The summed E-state index contributed by atoms with van der Waals surface area (Å²) >= 11 is 6.04. The summed E-state index contributed by atoms with van der Waals surface area (Å²) in [6.07, 6.45) is 1.90. The number of likely N-dealkylation sites (N-methyl/N-ethyl adjacent to an activating group) is 1. The molecule has 1 heterocycles. The molecule has 0 radical (unpaired) electrons. The zero-order chi connectivity index (χ0) is 21.0. The fraction of sp³-hybridized carbons (Fsp3) is 0.300. The summed E-state index contributed by atoms with van der Waals surface area (Å²) in [5.74, 6) is -0.746. The highest BCUT2D eigenvalue weighted by Crippen LogP contribution is 2.24. The molecule has 9 heteroatoms. The largest absolute Gasteiger partial charge is 0.339 e. The predicted octanol–water partition coefficient (Wildman–Crippen LogP) is 2.84. The Morgan fingerprint density at radius 1 is 1.10 bits per heavy atom. The number of benzene rings is 2. The van der Waals surface area contributed by atoms with Crippen molar-refractivity contribution in [3.8, 4) is 0 Å². The third kappa shape index (κ3) is 4.95. The van der Waals surface area contributed by atoms with Gasteiger partial charge in [0.15, 0.2) is 0 Å². The summed E-state index contributed by atoms with van der Waals surface area (Å²) in [5.41, 5.74) is 0.600. The number of hydrogen-bond acceptors (Lipinski definition) is 4. The molecule has 1 saturated heterocycles. The number of rotatable bonds is 6. The summed E-state index contributed by atoms with van der Waals surface area (Å²) in [6, 6.07) is 12.5. The van der Waals surface area contributed by atoms with Gasteiger partial charge in [0, 0.05) is 25.2 Å². The van der Waals surface area contributed by atoms with Crippen molar-refractivity contribution >= 4 is 39.1 Å². The van der Waals surface area contributed by atoms with Gasteiger partial charge < -0.3 is 10.2 Å². The molecule has 2 amide bonds. The maximum absolute atomic E-state index is 12.8. The smallest absolute Gasteiger partial charge is 0.255 e. The van der Waals surface area contributed by atoms with Crippen molar-refractivity contribution < 1.29 is 18.0 Å².